The maximum atomic E-state index is 11.8. The minimum Gasteiger partial charge on any atom is -0.357 e. The molecule has 2 aromatic rings. The van der Waals surface area contributed by atoms with E-state index in [0.29, 0.717) is 0 Å². The summed E-state index contributed by atoms with van der Waals surface area (Å²) >= 11 is 0. The van der Waals surface area contributed by atoms with E-state index in [-0.39, 0.29) is 5.91 Å². The van der Waals surface area contributed by atoms with Crippen LogP contribution in [0.4, 0.5) is 0 Å². The Morgan fingerprint density at radius 3 is 2.88 bits per heavy atom. The minimum absolute atomic E-state index is 0.0516. The number of hydrogen-bond acceptors (Lipinski definition) is 1. The zero-order chi connectivity index (χ0) is 11.3. The molecule has 1 aromatic heterocycles. The summed E-state index contributed by atoms with van der Waals surface area (Å²) in [7, 11) is 0. The van der Waals surface area contributed by atoms with Crippen LogP contribution in [-0.2, 0) is 6.42 Å². The maximum absolute atomic E-state index is 11.8. The third kappa shape index (κ3) is 1.11. The van der Waals surface area contributed by atoms with E-state index in [1.165, 1.54) is 11.1 Å². The van der Waals surface area contributed by atoms with Crippen molar-refractivity contribution >= 4 is 16.8 Å². The fourth-order valence-corrected chi connectivity index (χ4v) is 2.40. The van der Waals surface area contributed by atoms with E-state index in [4.69, 9.17) is 0 Å². The first kappa shape index (κ1) is 9.46. The highest BCUT2D eigenvalue weighted by Gasteiger charge is 2.22. The molecule has 16 heavy (non-hydrogen) atoms. The molecular formula is C13H14N2O. The lowest BCUT2D eigenvalue weighted by Gasteiger charge is -2.11. The van der Waals surface area contributed by atoms with Crippen LogP contribution in [0.3, 0.4) is 0 Å². The normalized spacial score (nSPS) is 15.0. The summed E-state index contributed by atoms with van der Waals surface area (Å²) in [4.78, 5) is 15.2. The van der Waals surface area contributed by atoms with Crippen molar-refractivity contribution in [3.8, 4) is 0 Å². The molecular weight excluding hydrogens is 200 g/mol. The maximum Gasteiger partial charge on any atom is 0.253 e. The fourth-order valence-electron chi connectivity index (χ4n) is 2.40. The second-order valence-electron chi connectivity index (χ2n) is 4.41. The van der Waals surface area contributed by atoms with Crippen LogP contribution in [-0.4, -0.2) is 17.4 Å². The van der Waals surface area contributed by atoms with Gasteiger partial charge in [-0.1, -0.05) is 12.1 Å². The molecule has 1 aliphatic heterocycles. The van der Waals surface area contributed by atoms with Crippen molar-refractivity contribution in [2.75, 3.05) is 6.54 Å². The molecule has 0 bridgehead atoms. The lowest BCUT2D eigenvalue weighted by molar-refractivity contribution is 0.0947. The highest BCUT2D eigenvalue weighted by molar-refractivity contribution is 6.09. The molecule has 0 unspecified atom stereocenters. The second kappa shape index (κ2) is 3.11. The number of nitrogens with one attached hydrogen (secondary N) is 2. The number of aryl methyl sites for hydroxylation is 2. The molecule has 0 saturated heterocycles. The molecule has 0 aliphatic carbocycles. The van der Waals surface area contributed by atoms with E-state index >= 15 is 0 Å². The van der Waals surface area contributed by atoms with Gasteiger partial charge in [-0.2, -0.15) is 0 Å². The van der Waals surface area contributed by atoms with E-state index in [1.54, 1.807) is 0 Å². The van der Waals surface area contributed by atoms with Crippen LogP contribution in [0.1, 0.15) is 27.2 Å². The third-order valence-corrected chi connectivity index (χ3v) is 3.47. The zero-order valence-electron chi connectivity index (χ0n) is 9.48. The average molecular weight is 214 g/mol. The summed E-state index contributed by atoms with van der Waals surface area (Å²) in [5.74, 6) is 0.0516. The van der Waals surface area contributed by atoms with Crippen molar-refractivity contribution in [3.63, 3.8) is 0 Å². The third-order valence-electron chi connectivity index (χ3n) is 3.47. The van der Waals surface area contributed by atoms with Gasteiger partial charge in [-0.3, -0.25) is 4.79 Å². The Morgan fingerprint density at radius 2 is 2.06 bits per heavy atom. The van der Waals surface area contributed by atoms with Crippen molar-refractivity contribution in [2.45, 2.75) is 20.3 Å². The molecule has 82 valence electrons. The number of carbonyl (C=O) groups is 1. The smallest absolute Gasteiger partial charge is 0.253 e. The van der Waals surface area contributed by atoms with Gasteiger partial charge >= 0.3 is 0 Å². The second-order valence-corrected chi connectivity index (χ2v) is 4.41. The molecule has 0 fully saturated rings. The molecule has 3 rings (SSSR count). The average Bonchev–Trinajstić information content (AvgIpc) is 2.64. The predicted molar refractivity (Wildman–Crippen MR) is 63.8 cm³/mol. The highest BCUT2D eigenvalue weighted by atomic mass is 16.1. The molecule has 1 amide bonds. The van der Waals surface area contributed by atoms with Crippen LogP contribution in [0.25, 0.3) is 10.9 Å². The minimum atomic E-state index is 0.0516. The molecule has 0 radical (unpaired) electrons. The van der Waals surface area contributed by atoms with Crippen molar-refractivity contribution < 1.29 is 4.79 Å². The summed E-state index contributed by atoms with van der Waals surface area (Å²) in [5, 5.41) is 3.94. The van der Waals surface area contributed by atoms with Gasteiger partial charge in [-0.25, -0.2) is 0 Å². The fraction of sp³-hybridized carbons (Fsp3) is 0.308. The largest absolute Gasteiger partial charge is 0.357 e. The number of hydrogen-bond donors (Lipinski definition) is 2. The molecule has 2 N–H and O–H groups in total. The van der Waals surface area contributed by atoms with E-state index in [1.807, 2.05) is 6.07 Å². The van der Waals surface area contributed by atoms with Gasteiger partial charge in [0, 0.05) is 29.6 Å². The predicted octanol–water partition coefficient (Wildman–Crippen LogP) is 2.07. The monoisotopic (exact) mass is 214 g/mol. The molecule has 1 aliphatic rings. The van der Waals surface area contributed by atoms with Crippen LogP contribution in [0.15, 0.2) is 12.1 Å². The van der Waals surface area contributed by atoms with E-state index in [2.05, 4.69) is 30.2 Å². The first-order valence-electron chi connectivity index (χ1n) is 5.57. The van der Waals surface area contributed by atoms with Gasteiger partial charge in [0.25, 0.3) is 5.91 Å². The van der Waals surface area contributed by atoms with Gasteiger partial charge in [0.1, 0.15) is 0 Å². The first-order valence-corrected chi connectivity index (χ1v) is 5.57. The molecule has 0 atom stereocenters. The Bertz CT molecular complexity index is 595. The van der Waals surface area contributed by atoms with Gasteiger partial charge in [0.15, 0.2) is 0 Å². The molecule has 0 spiro atoms. The van der Waals surface area contributed by atoms with Crippen LogP contribution < -0.4 is 5.32 Å². The summed E-state index contributed by atoms with van der Waals surface area (Å²) in [6.45, 7) is 4.92. The van der Waals surface area contributed by atoms with Gasteiger partial charge in [0.2, 0.25) is 0 Å². The van der Waals surface area contributed by atoms with Gasteiger partial charge in [0.05, 0.1) is 5.56 Å². The number of fused-ring (bicyclic) bond motifs is 3. The van der Waals surface area contributed by atoms with Crippen molar-refractivity contribution in [3.05, 3.63) is 34.5 Å². The lowest BCUT2D eigenvalue weighted by atomic mass is 10.0. The Hall–Kier alpha value is -1.77. The van der Waals surface area contributed by atoms with E-state index in [0.717, 1.165) is 35.1 Å². The first-order chi connectivity index (χ1) is 7.68. The van der Waals surface area contributed by atoms with Crippen molar-refractivity contribution in [2.24, 2.45) is 0 Å². The Balaban J connectivity index is 2.41. The quantitative estimate of drug-likeness (QED) is 0.692. The number of carbonyl (C=O) groups excluding carboxylic acids is 1. The van der Waals surface area contributed by atoms with Crippen LogP contribution in [0.5, 0.6) is 0 Å². The highest BCUT2D eigenvalue weighted by Crippen LogP contribution is 2.28. The number of aromatic nitrogens is 1. The van der Waals surface area contributed by atoms with Gasteiger partial charge in [-0.05, 0) is 25.0 Å². The molecule has 0 saturated carbocycles. The van der Waals surface area contributed by atoms with Crippen LogP contribution in [0, 0.1) is 13.8 Å². The standard InChI is InChI=1S/C13H14N2O/c1-7-3-4-9-11-10(5-6-14-13(11)16)15-12(9)8(7)2/h3-4,15H,5-6H2,1-2H3,(H,14,16). The topological polar surface area (TPSA) is 44.9 Å². The SMILES string of the molecule is Cc1ccc2c3c([nH]c2c1C)CCNC3=O. The summed E-state index contributed by atoms with van der Waals surface area (Å²) in [5.41, 5.74) is 5.52. The molecule has 1 aromatic carbocycles. The Labute approximate surface area is 93.9 Å². The molecule has 3 nitrogen and oxygen atoms in total. The van der Waals surface area contributed by atoms with Gasteiger partial charge < -0.3 is 10.3 Å². The zero-order valence-corrected chi connectivity index (χ0v) is 9.48. The molecule has 2 heterocycles. The van der Waals surface area contributed by atoms with E-state index < -0.39 is 0 Å². The number of benzene rings is 1. The van der Waals surface area contributed by atoms with Crippen LogP contribution in [0.2, 0.25) is 0 Å². The van der Waals surface area contributed by atoms with Crippen LogP contribution >= 0.6 is 0 Å². The number of rotatable bonds is 0. The Morgan fingerprint density at radius 1 is 1.25 bits per heavy atom. The Kier molecular flexibility index (Phi) is 1.84. The molecule has 3 heteroatoms. The number of aromatic amines is 1. The number of H-pyrrole nitrogens is 1. The number of amides is 1. The summed E-state index contributed by atoms with van der Waals surface area (Å²) in [6.07, 6.45) is 0.897. The van der Waals surface area contributed by atoms with Crippen molar-refractivity contribution in [1.29, 1.82) is 0 Å². The summed E-state index contributed by atoms with van der Waals surface area (Å²) in [6, 6.07) is 4.12. The van der Waals surface area contributed by atoms with E-state index in [9.17, 15) is 4.79 Å². The van der Waals surface area contributed by atoms with Crippen molar-refractivity contribution in [1.82, 2.24) is 10.3 Å². The lowest BCUT2D eigenvalue weighted by Crippen LogP contribution is -2.31. The van der Waals surface area contributed by atoms with Gasteiger partial charge in [-0.15, -0.1) is 0 Å². The summed E-state index contributed by atoms with van der Waals surface area (Å²) < 4.78 is 0.